The second-order valence-corrected chi connectivity index (χ2v) is 7.18. The van der Waals surface area contributed by atoms with E-state index in [0.29, 0.717) is 12.6 Å². The van der Waals surface area contributed by atoms with E-state index in [2.05, 4.69) is 38.1 Å². The maximum absolute atomic E-state index is 12.5. The summed E-state index contributed by atoms with van der Waals surface area (Å²) in [6, 6.07) is 4.52. The summed E-state index contributed by atoms with van der Waals surface area (Å²) in [4.78, 5) is 14.8. The molecule has 1 atom stereocenters. The molecule has 0 radical (unpaired) electrons. The van der Waals surface area contributed by atoms with E-state index in [-0.39, 0.29) is 11.9 Å². The highest BCUT2D eigenvalue weighted by atomic mass is 16.2. The fourth-order valence-corrected chi connectivity index (χ4v) is 3.56. The number of anilines is 1. The molecule has 0 aromatic carbocycles. The molecule has 25 heavy (non-hydrogen) atoms. The fourth-order valence-electron chi connectivity index (χ4n) is 3.56. The van der Waals surface area contributed by atoms with Crippen molar-refractivity contribution in [2.45, 2.75) is 59.2 Å². The number of nitrogens with zero attached hydrogens (tertiary/aromatic N) is 5. The number of carbonyl (C=O) groups excluding carboxylic acids is 1. The van der Waals surface area contributed by atoms with Gasteiger partial charge >= 0.3 is 0 Å². The van der Waals surface area contributed by atoms with Gasteiger partial charge in [-0.1, -0.05) is 0 Å². The zero-order valence-corrected chi connectivity index (χ0v) is 15.6. The molecule has 2 aromatic rings. The van der Waals surface area contributed by atoms with E-state index in [4.69, 9.17) is 0 Å². The van der Waals surface area contributed by atoms with Gasteiger partial charge in [-0.3, -0.25) is 14.4 Å². The van der Waals surface area contributed by atoms with Crippen LogP contribution in [0, 0.1) is 13.8 Å². The van der Waals surface area contributed by atoms with Crippen LogP contribution in [0.3, 0.4) is 0 Å². The Labute approximate surface area is 149 Å². The predicted molar refractivity (Wildman–Crippen MR) is 97.5 cm³/mol. The summed E-state index contributed by atoms with van der Waals surface area (Å²) in [5.41, 5.74) is 2.22. The quantitative estimate of drug-likeness (QED) is 0.874. The molecular formula is C18H28N6O. The van der Waals surface area contributed by atoms with Crippen molar-refractivity contribution < 1.29 is 4.79 Å². The van der Waals surface area contributed by atoms with Crippen molar-refractivity contribution in [1.29, 1.82) is 0 Å². The van der Waals surface area contributed by atoms with E-state index in [0.717, 1.165) is 37.4 Å². The lowest BCUT2D eigenvalue weighted by atomic mass is 10.2. The summed E-state index contributed by atoms with van der Waals surface area (Å²) in [6.07, 6.45) is 3.95. The first-order chi connectivity index (χ1) is 11.9. The monoisotopic (exact) mass is 344 g/mol. The Bertz CT molecular complexity index is 732. The van der Waals surface area contributed by atoms with Gasteiger partial charge in [-0.05, 0) is 53.1 Å². The van der Waals surface area contributed by atoms with Crippen LogP contribution in [0.15, 0.2) is 18.3 Å². The molecule has 0 aliphatic carbocycles. The lowest BCUT2D eigenvalue weighted by Gasteiger charge is -2.24. The summed E-state index contributed by atoms with van der Waals surface area (Å²) in [5, 5.41) is 11.8. The van der Waals surface area contributed by atoms with Crippen molar-refractivity contribution in [3.63, 3.8) is 0 Å². The Morgan fingerprint density at radius 1 is 1.40 bits per heavy atom. The van der Waals surface area contributed by atoms with Crippen LogP contribution in [0.5, 0.6) is 0 Å². The van der Waals surface area contributed by atoms with Gasteiger partial charge in [0.25, 0.3) is 0 Å². The van der Waals surface area contributed by atoms with Gasteiger partial charge in [0.1, 0.15) is 5.82 Å². The number of hydrogen-bond acceptors (Lipinski definition) is 4. The molecule has 1 N–H and O–H groups in total. The molecule has 0 bridgehead atoms. The number of aromatic nitrogens is 4. The van der Waals surface area contributed by atoms with Crippen LogP contribution in [-0.2, 0) is 11.3 Å². The van der Waals surface area contributed by atoms with E-state index in [1.54, 1.807) is 6.20 Å². The summed E-state index contributed by atoms with van der Waals surface area (Å²) < 4.78 is 3.89. The molecule has 7 nitrogen and oxygen atoms in total. The predicted octanol–water partition coefficient (Wildman–Crippen LogP) is 2.38. The summed E-state index contributed by atoms with van der Waals surface area (Å²) in [5.74, 6) is 0.775. The van der Waals surface area contributed by atoms with Crippen molar-refractivity contribution in [2.75, 3.05) is 18.4 Å². The topological polar surface area (TPSA) is 68.0 Å². The maximum Gasteiger partial charge on any atom is 0.239 e. The minimum Gasteiger partial charge on any atom is -0.310 e. The van der Waals surface area contributed by atoms with Crippen molar-refractivity contribution >= 4 is 11.7 Å². The van der Waals surface area contributed by atoms with E-state index in [1.807, 2.05) is 31.5 Å². The molecule has 136 valence electrons. The van der Waals surface area contributed by atoms with E-state index in [1.165, 1.54) is 5.69 Å². The van der Waals surface area contributed by atoms with Crippen LogP contribution in [0.1, 0.15) is 44.1 Å². The highest BCUT2D eigenvalue weighted by Crippen LogP contribution is 2.20. The number of aryl methyl sites for hydroxylation is 2. The molecule has 0 spiro atoms. The standard InChI is InChI=1S/C18H28N6O/c1-13(2)24-17(7-8-19-24)20-18(25)12-22-9-5-6-16(22)11-23-15(4)10-14(3)21-23/h7-8,10,13,16H,5-6,9,11-12H2,1-4H3,(H,20,25)/t16-/m1/s1. The largest absolute Gasteiger partial charge is 0.310 e. The van der Waals surface area contributed by atoms with Crippen molar-refractivity contribution in [3.8, 4) is 0 Å². The second kappa shape index (κ2) is 7.39. The zero-order valence-electron chi connectivity index (χ0n) is 15.6. The van der Waals surface area contributed by atoms with Gasteiger partial charge < -0.3 is 5.32 Å². The number of carbonyl (C=O) groups is 1. The third kappa shape index (κ3) is 4.10. The van der Waals surface area contributed by atoms with E-state index in [9.17, 15) is 4.79 Å². The van der Waals surface area contributed by atoms with Crippen LogP contribution in [0.2, 0.25) is 0 Å². The van der Waals surface area contributed by atoms with Crippen LogP contribution in [0.4, 0.5) is 5.82 Å². The van der Waals surface area contributed by atoms with Gasteiger partial charge in [-0.25, -0.2) is 4.68 Å². The minimum atomic E-state index is 0.0164. The highest BCUT2D eigenvalue weighted by molar-refractivity contribution is 5.91. The summed E-state index contributed by atoms with van der Waals surface area (Å²) >= 11 is 0. The summed E-state index contributed by atoms with van der Waals surface area (Å²) in [6.45, 7) is 10.4. The fraction of sp³-hybridized carbons (Fsp3) is 0.611. The Morgan fingerprint density at radius 2 is 2.20 bits per heavy atom. The first-order valence-electron chi connectivity index (χ1n) is 9.02. The average Bonchev–Trinajstić information content (AvgIpc) is 3.22. The Kier molecular flexibility index (Phi) is 5.22. The maximum atomic E-state index is 12.5. The van der Waals surface area contributed by atoms with Crippen LogP contribution >= 0.6 is 0 Å². The minimum absolute atomic E-state index is 0.0164. The normalized spacial score (nSPS) is 18.2. The van der Waals surface area contributed by atoms with Gasteiger partial charge in [0, 0.05) is 23.8 Å². The van der Waals surface area contributed by atoms with E-state index >= 15 is 0 Å². The number of amides is 1. The molecule has 3 heterocycles. The molecule has 1 fully saturated rings. The van der Waals surface area contributed by atoms with Gasteiger partial charge in [-0.2, -0.15) is 10.2 Å². The number of rotatable bonds is 6. The van der Waals surface area contributed by atoms with Crippen molar-refractivity contribution in [3.05, 3.63) is 29.7 Å². The molecule has 1 aliphatic rings. The van der Waals surface area contributed by atoms with Gasteiger partial charge in [-0.15, -0.1) is 0 Å². The van der Waals surface area contributed by atoms with Crippen LogP contribution < -0.4 is 5.32 Å². The summed E-state index contributed by atoms with van der Waals surface area (Å²) in [7, 11) is 0. The SMILES string of the molecule is Cc1cc(C)n(C[C@H]2CCCN2CC(=O)Nc2ccnn2C(C)C)n1. The molecule has 2 aromatic heterocycles. The third-order valence-corrected chi connectivity index (χ3v) is 4.76. The van der Waals surface area contributed by atoms with Crippen molar-refractivity contribution in [1.82, 2.24) is 24.5 Å². The molecule has 0 unspecified atom stereocenters. The highest BCUT2D eigenvalue weighted by Gasteiger charge is 2.27. The number of hydrogen-bond donors (Lipinski definition) is 1. The molecule has 7 heteroatoms. The Balaban J connectivity index is 1.60. The molecule has 1 amide bonds. The van der Waals surface area contributed by atoms with Gasteiger partial charge in [0.2, 0.25) is 5.91 Å². The smallest absolute Gasteiger partial charge is 0.239 e. The van der Waals surface area contributed by atoms with E-state index < -0.39 is 0 Å². The third-order valence-electron chi connectivity index (χ3n) is 4.76. The second-order valence-electron chi connectivity index (χ2n) is 7.18. The van der Waals surface area contributed by atoms with Crippen molar-refractivity contribution in [2.24, 2.45) is 0 Å². The average molecular weight is 344 g/mol. The Morgan fingerprint density at radius 3 is 2.88 bits per heavy atom. The Hall–Kier alpha value is -2.15. The lowest BCUT2D eigenvalue weighted by Crippen LogP contribution is -2.39. The number of likely N-dealkylation sites (tertiary alicyclic amines) is 1. The molecule has 1 saturated heterocycles. The molecular weight excluding hydrogens is 316 g/mol. The van der Waals surface area contributed by atoms with Gasteiger partial charge in [0.05, 0.1) is 25.0 Å². The molecule has 1 aliphatic heterocycles. The lowest BCUT2D eigenvalue weighted by molar-refractivity contribution is -0.117. The molecule has 0 saturated carbocycles. The number of nitrogens with one attached hydrogen (secondary N) is 1. The van der Waals surface area contributed by atoms with Gasteiger partial charge in [0.15, 0.2) is 0 Å². The molecule has 3 rings (SSSR count). The first kappa shape index (κ1) is 17.7. The zero-order chi connectivity index (χ0) is 18.0. The first-order valence-corrected chi connectivity index (χ1v) is 9.02. The van der Waals surface area contributed by atoms with Crippen LogP contribution in [0.25, 0.3) is 0 Å². The van der Waals surface area contributed by atoms with Crippen LogP contribution in [-0.4, -0.2) is 49.5 Å².